The Bertz CT molecular complexity index is 1370. The number of furan rings is 1. The van der Waals surface area contributed by atoms with Crippen molar-refractivity contribution >= 4 is 11.0 Å². The monoisotopic (exact) mass is 455 g/mol. The van der Waals surface area contributed by atoms with Crippen molar-refractivity contribution < 1.29 is 14.2 Å². The average molecular weight is 456 g/mol. The summed E-state index contributed by atoms with van der Waals surface area (Å²) in [6.45, 7) is 4.77. The lowest BCUT2D eigenvalue weighted by molar-refractivity contribution is -0.925. The first kappa shape index (κ1) is 21.4. The van der Waals surface area contributed by atoms with E-state index >= 15 is 0 Å². The molecule has 1 unspecified atom stereocenters. The molecule has 0 aliphatic carbocycles. The molecule has 6 rings (SSSR count). The second-order valence-corrected chi connectivity index (χ2v) is 10.5. The van der Waals surface area contributed by atoms with Crippen molar-refractivity contribution in [3.8, 4) is 11.1 Å². The van der Waals surface area contributed by atoms with Crippen molar-refractivity contribution in [3.05, 3.63) is 94.1 Å². The summed E-state index contributed by atoms with van der Waals surface area (Å²) in [6.07, 6.45) is 1.18. The number of pyridine rings is 1. The fraction of sp³-hybridized carbons (Fsp3) is 0.345. The summed E-state index contributed by atoms with van der Waals surface area (Å²) in [5.74, 6) is 2.01. The van der Waals surface area contributed by atoms with E-state index < -0.39 is 0 Å². The van der Waals surface area contributed by atoms with Gasteiger partial charge in [0.25, 0.3) is 5.56 Å². The van der Waals surface area contributed by atoms with E-state index in [0.29, 0.717) is 11.8 Å². The van der Waals surface area contributed by atoms with E-state index in [1.807, 2.05) is 18.2 Å². The number of benzene rings is 2. The number of quaternary nitrogens is 2. The molecule has 0 radical (unpaired) electrons. The van der Waals surface area contributed by atoms with Crippen molar-refractivity contribution in [1.82, 2.24) is 4.57 Å². The zero-order valence-corrected chi connectivity index (χ0v) is 20.0. The normalized spacial score (nSPS) is 21.7. The van der Waals surface area contributed by atoms with E-state index in [-0.39, 0.29) is 5.56 Å². The maximum Gasteiger partial charge on any atom is 0.258 e. The number of hydrogen-bond donors (Lipinski definition) is 2. The van der Waals surface area contributed by atoms with Crippen LogP contribution in [0.4, 0.5) is 0 Å². The number of likely N-dealkylation sites (tertiary alicyclic amines) is 1. The minimum Gasteiger partial charge on any atom is -0.455 e. The molecule has 2 bridgehead atoms. The zero-order valence-electron chi connectivity index (χ0n) is 20.0. The molecule has 5 heteroatoms. The van der Waals surface area contributed by atoms with Crippen LogP contribution in [0.2, 0.25) is 0 Å². The molecule has 174 valence electrons. The van der Waals surface area contributed by atoms with Crippen molar-refractivity contribution in [2.24, 2.45) is 5.92 Å². The highest BCUT2D eigenvalue weighted by molar-refractivity contribution is 5.77. The molecular formula is C29H33N3O2+2. The number of rotatable bonds is 5. The molecule has 2 aliphatic heterocycles. The first-order valence-electron chi connectivity index (χ1n) is 12.5. The van der Waals surface area contributed by atoms with Gasteiger partial charge in [-0.2, -0.15) is 0 Å². The maximum atomic E-state index is 13.7. The average Bonchev–Trinajstić information content (AvgIpc) is 3.22. The standard InChI is InChI=1S/C29H31N3O2/c1-30(2)17-22-8-3-5-9-25(22)26-11-12-27-23-13-20(16-32(27)29(26)33)15-31(18-23)19-24-14-21-7-4-6-10-28(21)34-24/h3-12,14,20,23H,13,15-19H2,1-2H3/p+2/t20-,23+/m0/s1. The van der Waals surface area contributed by atoms with Gasteiger partial charge in [-0.1, -0.05) is 42.5 Å². The zero-order chi connectivity index (χ0) is 23.2. The quantitative estimate of drug-likeness (QED) is 0.484. The fourth-order valence-electron chi connectivity index (χ4n) is 6.21. The topological polar surface area (TPSA) is 44.0 Å². The van der Waals surface area contributed by atoms with Gasteiger partial charge >= 0.3 is 0 Å². The summed E-state index contributed by atoms with van der Waals surface area (Å²) in [7, 11) is 4.30. The van der Waals surface area contributed by atoms with Gasteiger partial charge in [0.1, 0.15) is 18.7 Å². The molecule has 2 aliphatic rings. The fourth-order valence-corrected chi connectivity index (χ4v) is 6.21. The number of piperidine rings is 1. The highest BCUT2D eigenvalue weighted by Gasteiger charge is 2.38. The van der Waals surface area contributed by atoms with Gasteiger partial charge in [-0.3, -0.25) is 4.79 Å². The Morgan fingerprint density at radius 2 is 1.82 bits per heavy atom. The first-order chi connectivity index (χ1) is 16.5. The van der Waals surface area contributed by atoms with E-state index in [1.165, 1.54) is 28.0 Å². The summed E-state index contributed by atoms with van der Waals surface area (Å²) in [5, 5.41) is 1.18. The van der Waals surface area contributed by atoms with Crippen LogP contribution >= 0.6 is 0 Å². The lowest BCUT2D eigenvalue weighted by Crippen LogP contribution is -3.13. The van der Waals surface area contributed by atoms with Crippen molar-refractivity contribution in [2.45, 2.75) is 32.0 Å². The van der Waals surface area contributed by atoms with E-state index in [2.05, 4.69) is 67.2 Å². The van der Waals surface area contributed by atoms with Crippen molar-refractivity contribution in [1.29, 1.82) is 0 Å². The Kier molecular flexibility index (Phi) is 5.39. The van der Waals surface area contributed by atoms with Crippen LogP contribution in [0.1, 0.15) is 29.4 Å². The van der Waals surface area contributed by atoms with Crippen LogP contribution < -0.4 is 15.4 Å². The van der Waals surface area contributed by atoms with Gasteiger partial charge in [0.2, 0.25) is 0 Å². The van der Waals surface area contributed by atoms with Gasteiger partial charge in [-0.15, -0.1) is 0 Å². The lowest BCUT2D eigenvalue weighted by atomic mass is 9.82. The number of para-hydroxylation sites is 1. The van der Waals surface area contributed by atoms with E-state index in [9.17, 15) is 4.79 Å². The van der Waals surface area contributed by atoms with Gasteiger partial charge in [0, 0.05) is 40.6 Å². The SMILES string of the molecule is C[NH+](C)Cc1ccccc1-c1ccc2n(c1=O)C[C@H]1C[C@@H]2C[NH+](Cc2cc3ccccc3o2)C1. The van der Waals surface area contributed by atoms with Crippen LogP contribution in [0.5, 0.6) is 0 Å². The molecule has 2 aromatic heterocycles. The summed E-state index contributed by atoms with van der Waals surface area (Å²) in [5.41, 5.74) is 5.51. The molecule has 2 aromatic carbocycles. The highest BCUT2D eigenvalue weighted by atomic mass is 16.3. The highest BCUT2D eigenvalue weighted by Crippen LogP contribution is 2.32. The summed E-state index contributed by atoms with van der Waals surface area (Å²) in [4.78, 5) is 16.6. The molecule has 4 heterocycles. The van der Waals surface area contributed by atoms with Crippen LogP contribution in [0.25, 0.3) is 22.1 Å². The summed E-state index contributed by atoms with van der Waals surface area (Å²) >= 11 is 0. The molecule has 0 saturated carbocycles. The van der Waals surface area contributed by atoms with E-state index in [1.54, 1.807) is 4.90 Å². The predicted octanol–water partition coefficient (Wildman–Crippen LogP) is 2.11. The van der Waals surface area contributed by atoms with Crippen molar-refractivity contribution in [2.75, 3.05) is 27.2 Å². The molecule has 0 amide bonds. The van der Waals surface area contributed by atoms with Crippen molar-refractivity contribution in [3.63, 3.8) is 0 Å². The minimum absolute atomic E-state index is 0.175. The Morgan fingerprint density at radius 3 is 2.68 bits per heavy atom. The Hall–Kier alpha value is -3.15. The molecule has 5 nitrogen and oxygen atoms in total. The van der Waals surface area contributed by atoms with E-state index in [0.717, 1.165) is 55.2 Å². The second kappa shape index (κ2) is 8.57. The molecular weight excluding hydrogens is 422 g/mol. The number of hydrogen-bond acceptors (Lipinski definition) is 2. The molecule has 1 fully saturated rings. The third-order valence-corrected chi connectivity index (χ3v) is 7.55. The second-order valence-electron chi connectivity index (χ2n) is 10.5. The molecule has 4 aromatic rings. The number of aromatic nitrogens is 1. The Morgan fingerprint density at radius 1 is 1.00 bits per heavy atom. The maximum absolute atomic E-state index is 13.7. The van der Waals surface area contributed by atoms with Gasteiger partial charge < -0.3 is 18.8 Å². The molecule has 1 saturated heterocycles. The van der Waals surface area contributed by atoms with Crippen LogP contribution in [-0.2, 0) is 19.6 Å². The Labute approximate surface area is 200 Å². The van der Waals surface area contributed by atoms with Crippen LogP contribution in [-0.4, -0.2) is 31.8 Å². The molecule has 2 N–H and O–H groups in total. The number of nitrogens with zero attached hydrogens (tertiary/aromatic N) is 1. The van der Waals surface area contributed by atoms with Gasteiger partial charge in [0.05, 0.1) is 27.2 Å². The third kappa shape index (κ3) is 3.89. The number of fused-ring (bicyclic) bond motifs is 5. The molecule has 0 spiro atoms. The molecule has 34 heavy (non-hydrogen) atoms. The summed E-state index contributed by atoms with van der Waals surface area (Å²) in [6, 6.07) is 23.1. The van der Waals surface area contributed by atoms with Crippen LogP contribution in [0, 0.1) is 5.92 Å². The molecule has 3 atom stereocenters. The van der Waals surface area contributed by atoms with Gasteiger partial charge in [-0.05, 0) is 36.2 Å². The minimum atomic E-state index is 0.175. The van der Waals surface area contributed by atoms with Crippen LogP contribution in [0.15, 0.2) is 75.9 Å². The summed E-state index contributed by atoms with van der Waals surface area (Å²) < 4.78 is 8.20. The lowest BCUT2D eigenvalue weighted by Gasteiger charge is -2.40. The largest absolute Gasteiger partial charge is 0.455 e. The van der Waals surface area contributed by atoms with Gasteiger partial charge in [-0.25, -0.2) is 0 Å². The number of nitrogens with one attached hydrogen (secondary N) is 2. The van der Waals surface area contributed by atoms with Gasteiger partial charge in [0.15, 0.2) is 5.76 Å². The third-order valence-electron chi connectivity index (χ3n) is 7.55. The predicted molar refractivity (Wildman–Crippen MR) is 134 cm³/mol. The smallest absolute Gasteiger partial charge is 0.258 e. The van der Waals surface area contributed by atoms with E-state index in [4.69, 9.17) is 4.42 Å². The van der Waals surface area contributed by atoms with Crippen LogP contribution in [0.3, 0.4) is 0 Å². The first-order valence-corrected chi connectivity index (χ1v) is 12.5. The Balaban J connectivity index is 1.28.